The Morgan fingerprint density at radius 1 is 1.10 bits per heavy atom. The second kappa shape index (κ2) is 8.02. The number of halogens is 3. The lowest BCUT2D eigenvalue weighted by molar-refractivity contribution is -0.137. The topological polar surface area (TPSA) is 72.9 Å². The summed E-state index contributed by atoms with van der Waals surface area (Å²) >= 11 is 0. The lowest BCUT2D eigenvalue weighted by Gasteiger charge is -2.30. The van der Waals surface area contributed by atoms with E-state index >= 15 is 0 Å². The Hall–Kier alpha value is -3.01. The van der Waals surface area contributed by atoms with Crippen molar-refractivity contribution in [3.8, 4) is 11.5 Å². The molecule has 160 valence electrons. The molecule has 1 heterocycles. The molecular formula is C20H18F3NO5S. The van der Waals surface area contributed by atoms with Gasteiger partial charge in [-0.15, -0.1) is 0 Å². The molecule has 0 saturated heterocycles. The molecule has 1 aliphatic heterocycles. The van der Waals surface area contributed by atoms with Crippen LogP contribution in [0.15, 0.2) is 53.9 Å². The molecule has 2 aromatic rings. The standard InChI is InChI=1S/C20H18F3NO5S/c1-28-14-7-8-17(18(11-14)29-2)24(13-9-10-30(26,27)12-13)19(25)15-5-3-4-6-16(15)20(21,22)23/h3-11,13H,12H2,1-2H3/t13-/m1/s1. The molecule has 2 aromatic carbocycles. The molecule has 1 atom stereocenters. The van der Waals surface area contributed by atoms with E-state index in [0.29, 0.717) is 5.75 Å². The summed E-state index contributed by atoms with van der Waals surface area (Å²) in [6.45, 7) is 0. The van der Waals surface area contributed by atoms with Crippen molar-refractivity contribution < 1.29 is 35.9 Å². The normalized spacial score (nSPS) is 17.6. The summed E-state index contributed by atoms with van der Waals surface area (Å²) in [5.41, 5.74) is -1.59. The van der Waals surface area contributed by atoms with E-state index in [1.165, 1.54) is 50.6 Å². The molecule has 0 bridgehead atoms. The van der Waals surface area contributed by atoms with Crippen LogP contribution in [-0.4, -0.2) is 40.3 Å². The van der Waals surface area contributed by atoms with Crippen LogP contribution in [0.1, 0.15) is 15.9 Å². The number of anilines is 1. The first-order valence-corrected chi connectivity index (χ1v) is 10.4. The Labute approximate surface area is 171 Å². The highest BCUT2D eigenvalue weighted by molar-refractivity contribution is 7.94. The van der Waals surface area contributed by atoms with Crippen LogP contribution in [-0.2, 0) is 16.0 Å². The van der Waals surface area contributed by atoms with Crippen LogP contribution in [0.2, 0.25) is 0 Å². The number of amides is 1. The number of methoxy groups -OCH3 is 2. The lowest BCUT2D eigenvalue weighted by Crippen LogP contribution is -2.42. The van der Waals surface area contributed by atoms with E-state index in [0.717, 1.165) is 22.4 Å². The summed E-state index contributed by atoms with van der Waals surface area (Å²) in [5.74, 6) is -0.918. The fourth-order valence-electron chi connectivity index (χ4n) is 3.19. The Bertz CT molecular complexity index is 1100. The number of carbonyl (C=O) groups excluding carboxylic acids is 1. The largest absolute Gasteiger partial charge is 0.497 e. The second-order valence-electron chi connectivity index (χ2n) is 6.48. The zero-order valence-electron chi connectivity index (χ0n) is 16.0. The molecule has 6 nitrogen and oxygen atoms in total. The van der Waals surface area contributed by atoms with Crippen molar-refractivity contribution in [1.29, 1.82) is 0 Å². The number of alkyl halides is 3. The molecule has 3 rings (SSSR count). The molecular weight excluding hydrogens is 423 g/mol. The van der Waals surface area contributed by atoms with Crippen LogP contribution in [0.5, 0.6) is 11.5 Å². The smallest absolute Gasteiger partial charge is 0.417 e. The van der Waals surface area contributed by atoms with Gasteiger partial charge in [0, 0.05) is 11.5 Å². The van der Waals surface area contributed by atoms with Crippen LogP contribution >= 0.6 is 0 Å². The van der Waals surface area contributed by atoms with E-state index in [1.54, 1.807) is 0 Å². The van der Waals surface area contributed by atoms with Gasteiger partial charge in [-0.2, -0.15) is 13.2 Å². The van der Waals surface area contributed by atoms with E-state index in [9.17, 15) is 26.4 Å². The van der Waals surface area contributed by atoms with Gasteiger partial charge in [-0.05, 0) is 30.3 Å². The van der Waals surface area contributed by atoms with Crippen molar-refractivity contribution in [2.45, 2.75) is 12.2 Å². The molecule has 1 aliphatic rings. The zero-order valence-corrected chi connectivity index (χ0v) is 16.8. The summed E-state index contributed by atoms with van der Waals surface area (Å²) in [6.07, 6.45) is -3.49. The Balaban J connectivity index is 2.18. The fourth-order valence-corrected chi connectivity index (χ4v) is 4.46. The van der Waals surface area contributed by atoms with Crippen LogP contribution in [0.4, 0.5) is 18.9 Å². The number of hydrogen-bond donors (Lipinski definition) is 0. The molecule has 0 spiro atoms. The zero-order chi connectivity index (χ0) is 22.1. The van der Waals surface area contributed by atoms with Gasteiger partial charge in [0.15, 0.2) is 9.84 Å². The number of carbonyl (C=O) groups is 1. The molecule has 0 aromatic heterocycles. The molecule has 30 heavy (non-hydrogen) atoms. The van der Waals surface area contributed by atoms with Crippen LogP contribution in [0.25, 0.3) is 0 Å². The summed E-state index contributed by atoms with van der Waals surface area (Å²) in [5, 5.41) is 0.948. The monoisotopic (exact) mass is 441 g/mol. The first kappa shape index (κ1) is 21.7. The van der Waals surface area contributed by atoms with Gasteiger partial charge >= 0.3 is 6.18 Å². The van der Waals surface area contributed by atoms with E-state index in [1.807, 2.05) is 0 Å². The molecule has 10 heteroatoms. The quantitative estimate of drug-likeness (QED) is 0.708. The van der Waals surface area contributed by atoms with Gasteiger partial charge in [-0.3, -0.25) is 9.69 Å². The molecule has 0 aliphatic carbocycles. The summed E-state index contributed by atoms with van der Waals surface area (Å²) in [6, 6.07) is 7.74. The minimum absolute atomic E-state index is 0.118. The SMILES string of the molecule is COc1ccc(N(C(=O)c2ccccc2C(F)(F)F)[C@@H]2C=CS(=O)(=O)C2)c(OC)c1. The average molecular weight is 441 g/mol. The van der Waals surface area contributed by atoms with Crippen molar-refractivity contribution >= 4 is 21.4 Å². The van der Waals surface area contributed by atoms with Crippen molar-refractivity contribution in [2.75, 3.05) is 24.9 Å². The number of benzene rings is 2. The van der Waals surface area contributed by atoms with Crippen molar-refractivity contribution in [3.63, 3.8) is 0 Å². The second-order valence-corrected chi connectivity index (χ2v) is 8.41. The Morgan fingerprint density at radius 2 is 1.80 bits per heavy atom. The van der Waals surface area contributed by atoms with Crippen molar-refractivity contribution in [3.05, 3.63) is 65.1 Å². The minimum atomic E-state index is -4.76. The molecule has 0 saturated carbocycles. The third-order valence-electron chi connectivity index (χ3n) is 4.57. The Kier molecular flexibility index (Phi) is 5.80. The maximum atomic E-state index is 13.5. The molecule has 0 N–H and O–H groups in total. The predicted octanol–water partition coefficient (Wildman–Crippen LogP) is 3.68. The predicted molar refractivity (Wildman–Crippen MR) is 105 cm³/mol. The first-order chi connectivity index (χ1) is 14.1. The molecule has 1 amide bonds. The van der Waals surface area contributed by atoms with Gasteiger partial charge in [-0.25, -0.2) is 8.42 Å². The molecule has 0 unspecified atom stereocenters. The highest BCUT2D eigenvalue weighted by Gasteiger charge is 2.39. The third-order valence-corrected chi connectivity index (χ3v) is 5.95. The van der Waals surface area contributed by atoms with Crippen molar-refractivity contribution in [1.82, 2.24) is 0 Å². The minimum Gasteiger partial charge on any atom is -0.497 e. The maximum Gasteiger partial charge on any atom is 0.417 e. The third kappa shape index (κ3) is 4.28. The van der Waals surface area contributed by atoms with Crippen LogP contribution < -0.4 is 14.4 Å². The number of rotatable bonds is 5. The molecule has 0 fully saturated rings. The maximum absolute atomic E-state index is 13.5. The Morgan fingerprint density at radius 3 is 2.37 bits per heavy atom. The van der Waals surface area contributed by atoms with Gasteiger partial charge < -0.3 is 9.47 Å². The summed E-state index contributed by atoms with van der Waals surface area (Å²) < 4.78 is 74.8. The highest BCUT2D eigenvalue weighted by atomic mass is 32.2. The van der Waals surface area contributed by atoms with Crippen molar-refractivity contribution in [2.24, 2.45) is 0 Å². The molecule has 0 radical (unpaired) electrons. The summed E-state index contributed by atoms with van der Waals surface area (Å²) in [7, 11) is -0.852. The van der Waals surface area contributed by atoms with E-state index in [-0.39, 0.29) is 11.4 Å². The average Bonchev–Trinajstić information content (AvgIpc) is 3.06. The van der Waals surface area contributed by atoms with Gasteiger partial charge in [0.2, 0.25) is 0 Å². The van der Waals surface area contributed by atoms with E-state index in [2.05, 4.69) is 0 Å². The number of hydrogen-bond acceptors (Lipinski definition) is 5. The van der Waals surface area contributed by atoms with Crippen LogP contribution in [0, 0.1) is 0 Å². The van der Waals surface area contributed by atoms with E-state index < -0.39 is 44.8 Å². The first-order valence-electron chi connectivity index (χ1n) is 8.70. The number of nitrogens with zero attached hydrogens (tertiary/aromatic N) is 1. The van der Waals surface area contributed by atoms with Gasteiger partial charge in [0.25, 0.3) is 5.91 Å². The fraction of sp³-hybridized carbons (Fsp3) is 0.250. The van der Waals surface area contributed by atoms with Gasteiger partial charge in [0.05, 0.1) is 42.8 Å². The summed E-state index contributed by atoms with van der Waals surface area (Å²) in [4.78, 5) is 14.3. The van der Waals surface area contributed by atoms with Crippen LogP contribution in [0.3, 0.4) is 0 Å². The lowest BCUT2D eigenvalue weighted by atomic mass is 10.0. The highest BCUT2D eigenvalue weighted by Crippen LogP contribution is 2.38. The van der Waals surface area contributed by atoms with Gasteiger partial charge in [0.1, 0.15) is 11.5 Å². The number of sulfone groups is 1. The number of ether oxygens (including phenoxy) is 2. The van der Waals surface area contributed by atoms with Gasteiger partial charge in [-0.1, -0.05) is 12.1 Å². The van der Waals surface area contributed by atoms with E-state index in [4.69, 9.17) is 9.47 Å².